The van der Waals surface area contributed by atoms with E-state index in [0.29, 0.717) is 12.0 Å². The zero-order chi connectivity index (χ0) is 18.8. The van der Waals surface area contributed by atoms with Crippen molar-refractivity contribution in [3.8, 4) is 5.82 Å². The van der Waals surface area contributed by atoms with E-state index < -0.39 is 17.7 Å². The lowest BCUT2D eigenvalue weighted by atomic mass is 9.97. The van der Waals surface area contributed by atoms with Gasteiger partial charge in [-0.05, 0) is 43.7 Å². The summed E-state index contributed by atoms with van der Waals surface area (Å²) in [4.78, 5) is 41.1. The third-order valence-corrected chi connectivity index (χ3v) is 4.78. The number of rotatable bonds is 4. The number of ether oxygens (including phenoxy) is 1. The molecule has 1 atom stereocenters. The molecule has 0 saturated carbocycles. The highest BCUT2D eigenvalue weighted by atomic mass is 16.5. The first-order valence-electron chi connectivity index (χ1n) is 8.56. The quantitative estimate of drug-likeness (QED) is 0.762. The number of esters is 1. The molecule has 1 aliphatic carbocycles. The summed E-state index contributed by atoms with van der Waals surface area (Å²) in [5.74, 6) is -0.242. The second-order valence-corrected chi connectivity index (χ2v) is 6.47. The van der Waals surface area contributed by atoms with Crippen molar-refractivity contribution in [3.63, 3.8) is 0 Å². The van der Waals surface area contributed by atoms with Crippen LogP contribution < -0.4 is 17.0 Å². The lowest BCUT2D eigenvalue weighted by Crippen LogP contribution is -2.43. The Balaban J connectivity index is 1.98. The van der Waals surface area contributed by atoms with Gasteiger partial charge in [0.05, 0.1) is 7.11 Å². The van der Waals surface area contributed by atoms with E-state index in [0.717, 1.165) is 35.1 Å². The number of nitrogens with two attached hydrogens (primary N) is 1. The van der Waals surface area contributed by atoms with Crippen molar-refractivity contribution in [2.75, 3.05) is 7.11 Å². The molecule has 8 heteroatoms. The van der Waals surface area contributed by atoms with E-state index >= 15 is 0 Å². The predicted molar refractivity (Wildman–Crippen MR) is 95.4 cm³/mol. The monoisotopic (exact) mass is 358 g/mol. The smallest absolute Gasteiger partial charge is 0.336 e. The molecule has 0 saturated heterocycles. The van der Waals surface area contributed by atoms with Crippen molar-refractivity contribution in [2.45, 2.75) is 38.1 Å². The first kappa shape index (κ1) is 18.1. The van der Waals surface area contributed by atoms with Gasteiger partial charge in [0, 0.05) is 24.5 Å². The van der Waals surface area contributed by atoms with E-state index in [4.69, 9.17) is 5.73 Å². The molecule has 2 aromatic heterocycles. The lowest BCUT2D eigenvalue weighted by Gasteiger charge is -2.20. The highest BCUT2D eigenvalue weighted by molar-refractivity contribution is 5.75. The summed E-state index contributed by atoms with van der Waals surface area (Å²) in [5.41, 5.74) is 7.28. The average molecular weight is 358 g/mol. The number of methoxy groups -OCH3 is 1. The molecule has 26 heavy (non-hydrogen) atoms. The molecular weight excluding hydrogens is 336 g/mol. The molecule has 8 nitrogen and oxygen atoms in total. The van der Waals surface area contributed by atoms with Crippen LogP contribution in [0.25, 0.3) is 5.82 Å². The summed E-state index contributed by atoms with van der Waals surface area (Å²) < 4.78 is 7.25. The van der Waals surface area contributed by atoms with Crippen LogP contribution in [0.4, 0.5) is 0 Å². The minimum Gasteiger partial charge on any atom is -0.468 e. The Kier molecular flexibility index (Phi) is 5.03. The highest BCUT2D eigenvalue weighted by Gasteiger charge is 2.21. The van der Waals surface area contributed by atoms with Crippen LogP contribution in [-0.2, 0) is 35.8 Å². The van der Waals surface area contributed by atoms with Gasteiger partial charge in [-0.25, -0.2) is 14.3 Å². The molecule has 1 unspecified atom stereocenters. The largest absolute Gasteiger partial charge is 0.468 e. The zero-order valence-corrected chi connectivity index (χ0v) is 14.9. The summed E-state index contributed by atoms with van der Waals surface area (Å²) in [7, 11) is 2.97. The third kappa shape index (κ3) is 3.20. The molecule has 2 N–H and O–H groups in total. The molecule has 2 aromatic rings. The van der Waals surface area contributed by atoms with Gasteiger partial charge in [-0.15, -0.1) is 0 Å². The number of pyridine rings is 1. The Morgan fingerprint density at radius 1 is 1.31 bits per heavy atom. The number of carbonyl (C=O) groups is 1. The van der Waals surface area contributed by atoms with Gasteiger partial charge in [0.25, 0.3) is 5.56 Å². The Morgan fingerprint density at radius 3 is 2.69 bits per heavy atom. The van der Waals surface area contributed by atoms with Crippen molar-refractivity contribution in [3.05, 3.63) is 56.0 Å². The van der Waals surface area contributed by atoms with E-state index in [2.05, 4.69) is 9.72 Å². The van der Waals surface area contributed by atoms with Crippen LogP contribution in [-0.4, -0.2) is 33.2 Å². The number of nitrogens with zero attached hydrogens (tertiary/aromatic N) is 3. The van der Waals surface area contributed by atoms with Gasteiger partial charge in [0.15, 0.2) is 0 Å². The molecule has 0 bridgehead atoms. The van der Waals surface area contributed by atoms with Crippen molar-refractivity contribution in [2.24, 2.45) is 12.8 Å². The molecule has 0 spiro atoms. The minimum atomic E-state index is -0.785. The van der Waals surface area contributed by atoms with Gasteiger partial charge in [0.1, 0.15) is 11.9 Å². The molecule has 138 valence electrons. The molecule has 1 aliphatic rings. The third-order valence-electron chi connectivity index (χ3n) is 4.78. The first-order chi connectivity index (χ1) is 12.4. The number of carbonyl (C=O) groups excluding carboxylic acids is 1. The Hall–Kier alpha value is -2.74. The zero-order valence-electron chi connectivity index (χ0n) is 14.9. The molecule has 0 aromatic carbocycles. The first-order valence-corrected chi connectivity index (χ1v) is 8.56. The van der Waals surface area contributed by atoms with Gasteiger partial charge < -0.3 is 10.5 Å². The van der Waals surface area contributed by atoms with Crippen LogP contribution >= 0.6 is 0 Å². The molecule has 0 fully saturated rings. The fraction of sp³-hybridized carbons (Fsp3) is 0.444. The van der Waals surface area contributed by atoms with Crippen LogP contribution in [0.5, 0.6) is 0 Å². The van der Waals surface area contributed by atoms with Crippen LogP contribution in [0.2, 0.25) is 0 Å². The summed E-state index contributed by atoms with van der Waals surface area (Å²) in [5, 5.41) is 0. The molecular formula is C18H22N4O4. The maximum atomic E-state index is 12.8. The topological polar surface area (TPSA) is 109 Å². The number of aromatic nitrogens is 3. The van der Waals surface area contributed by atoms with Gasteiger partial charge in [-0.3, -0.25) is 14.2 Å². The Labute approximate surface area is 150 Å². The van der Waals surface area contributed by atoms with Gasteiger partial charge >= 0.3 is 11.7 Å². The summed E-state index contributed by atoms with van der Waals surface area (Å²) in [6.45, 7) is 0. The molecule has 0 aliphatic heterocycles. The molecule has 0 amide bonds. The second-order valence-electron chi connectivity index (χ2n) is 6.47. The fourth-order valence-electron chi connectivity index (χ4n) is 3.34. The van der Waals surface area contributed by atoms with Crippen LogP contribution in [0.3, 0.4) is 0 Å². The highest BCUT2D eigenvalue weighted by Crippen LogP contribution is 2.16. The molecule has 3 rings (SSSR count). The van der Waals surface area contributed by atoms with Crippen LogP contribution in [0, 0.1) is 0 Å². The summed E-state index contributed by atoms with van der Waals surface area (Å²) in [6, 6.07) is 2.51. The minimum absolute atomic E-state index is 0.261. The van der Waals surface area contributed by atoms with E-state index in [1.807, 2.05) is 0 Å². The van der Waals surface area contributed by atoms with Crippen molar-refractivity contribution < 1.29 is 9.53 Å². The summed E-state index contributed by atoms with van der Waals surface area (Å²) >= 11 is 0. The van der Waals surface area contributed by atoms with E-state index in [1.165, 1.54) is 13.3 Å². The molecule has 2 heterocycles. The van der Waals surface area contributed by atoms with Crippen molar-refractivity contribution >= 4 is 5.97 Å². The van der Waals surface area contributed by atoms with Crippen LogP contribution in [0.15, 0.2) is 27.9 Å². The van der Waals surface area contributed by atoms with Gasteiger partial charge in [-0.1, -0.05) is 6.07 Å². The van der Waals surface area contributed by atoms with Gasteiger partial charge in [-0.2, -0.15) is 0 Å². The Bertz CT molecular complexity index is 943. The SMILES string of the molecule is COC(=O)C(N)Cc1ccc(-n2c(=O)c3c(n(C)c2=O)CCCC3)nc1. The normalized spacial score (nSPS) is 14.6. The maximum Gasteiger partial charge on any atom is 0.336 e. The van der Waals surface area contributed by atoms with Crippen molar-refractivity contribution in [1.29, 1.82) is 0 Å². The summed E-state index contributed by atoms with van der Waals surface area (Å²) in [6.07, 6.45) is 5.12. The molecule has 0 radical (unpaired) electrons. The van der Waals surface area contributed by atoms with E-state index in [9.17, 15) is 14.4 Å². The average Bonchev–Trinajstić information content (AvgIpc) is 2.67. The van der Waals surface area contributed by atoms with Crippen molar-refractivity contribution in [1.82, 2.24) is 14.1 Å². The van der Waals surface area contributed by atoms with Gasteiger partial charge in [0.2, 0.25) is 0 Å². The fourth-order valence-corrected chi connectivity index (χ4v) is 3.34. The lowest BCUT2D eigenvalue weighted by molar-refractivity contribution is -0.142. The van der Waals surface area contributed by atoms with Crippen LogP contribution in [0.1, 0.15) is 29.7 Å². The number of hydrogen-bond donors (Lipinski definition) is 1. The maximum absolute atomic E-state index is 12.8. The standard InChI is InChI=1S/C18H22N4O4/c1-21-14-6-4-3-5-12(14)16(23)22(18(21)25)15-8-7-11(10-20-15)9-13(19)17(24)26-2/h7-8,10,13H,3-6,9,19H2,1-2H3. The number of fused-ring (bicyclic) bond motifs is 1. The van der Waals surface area contributed by atoms with E-state index in [1.54, 1.807) is 23.7 Å². The number of hydrogen-bond acceptors (Lipinski definition) is 6. The second kappa shape index (κ2) is 7.25. The van der Waals surface area contributed by atoms with E-state index in [-0.39, 0.29) is 17.8 Å². The predicted octanol–water partition coefficient (Wildman–Crippen LogP) is -0.147. The Morgan fingerprint density at radius 2 is 2.04 bits per heavy atom.